The summed E-state index contributed by atoms with van der Waals surface area (Å²) >= 11 is 1.17. The highest BCUT2D eigenvalue weighted by atomic mass is 32.2. The van der Waals surface area contributed by atoms with Crippen LogP contribution in [0, 0.1) is 0 Å². The van der Waals surface area contributed by atoms with Crippen molar-refractivity contribution in [3.8, 4) is 10.4 Å². The highest BCUT2D eigenvalue weighted by Gasteiger charge is 2.21. The molecule has 11 heteroatoms. The number of thiophene rings is 1. The first kappa shape index (κ1) is 24.1. The number of hydrogen-bond acceptors (Lipinski definition) is 8. The average molecular weight is 489 g/mol. The van der Waals surface area contributed by atoms with Crippen LogP contribution in [-0.2, 0) is 24.3 Å². The lowest BCUT2D eigenvalue weighted by atomic mass is 10.2. The van der Waals surface area contributed by atoms with Gasteiger partial charge in [0.25, 0.3) is 5.91 Å². The topological polar surface area (TPSA) is 142 Å². The fourth-order valence-electron chi connectivity index (χ4n) is 2.76. The van der Waals surface area contributed by atoms with Crippen LogP contribution in [0.4, 0.5) is 5.69 Å². The smallest absolute Gasteiger partial charge is 0.350 e. The molecule has 1 amide bonds. The molecular formula is C22H20N2O7S2. The summed E-state index contributed by atoms with van der Waals surface area (Å²) in [4.78, 5) is 37.7. The maximum atomic E-state index is 12.4. The summed E-state index contributed by atoms with van der Waals surface area (Å²) < 4.78 is 32.6. The predicted molar refractivity (Wildman–Crippen MR) is 122 cm³/mol. The van der Waals surface area contributed by atoms with Crippen LogP contribution in [0.25, 0.3) is 10.4 Å². The molecule has 0 aliphatic rings. The van der Waals surface area contributed by atoms with E-state index in [-0.39, 0.29) is 27.6 Å². The maximum absolute atomic E-state index is 12.4. The summed E-state index contributed by atoms with van der Waals surface area (Å²) in [5, 5.41) is 7.59. The number of nitrogens with one attached hydrogen (secondary N) is 1. The molecule has 0 radical (unpaired) electrons. The van der Waals surface area contributed by atoms with Crippen molar-refractivity contribution in [1.29, 1.82) is 0 Å². The Labute approximate surface area is 194 Å². The van der Waals surface area contributed by atoms with Crippen LogP contribution in [0.2, 0.25) is 0 Å². The molecule has 3 N–H and O–H groups in total. The van der Waals surface area contributed by atoms with Crippen LogP contribution >= 0.6 is 11.3 Å². The summed E-state index contributed by atoms with van der Waals surface area (Å²) in [5.41, 5.74) is 1.16. The summed E-state index contributed by atoms with van der Waals surface area (Å²) in [6.45, 7) is 1.23. The van der Waals surface area contributed by atoms with Gasteiger partial charge in [0.05, 0.1) is 22.8 Å². The van der Waals surface area contributed by atoms with E-state index in [1.807, 2.05) is 30.3 Å². The molecule has 1 aromatic heterocycles. The van der Waals surface area contributed by atoms with Gasteiger partial charge in [-0.3, -0.25) is 4.79 Å². The Kier molecular flexibility index (Phi) is 7.59. The van der Waals surface area contributed by atoms with Crippen molar-refractivity contribution in [3.63, 3.8) is 0 Å². The Morgan fingerprint density at radius 2 is 1.64 bits per heavy atom. The summed E-state index contributed by atoms with van der Waals surface area (Å²) in [6, 6.07) is 15.7. The molecule has 172 valence electrons. The average Bonchev–Trinajstić information content (AvgIpc) is 3.21. The second kappa shape index (κ2) is 10.4. The van der Waals surface area contributed by atoms with Gasteiger partial charge in [0.1, 0.15) is 4.88 Å². The predicted octanol–water partition coefficient (Wildman–Crippen LogP) is 3.03. The standard InChI is InChI=1S/C22H20N2O7S2/c1-2-30-22(27)20-17(12-18(32-20)14-6-4-3-5-7-14)24-19(25)13-31-21(26)15-8-10-16(11-9-15)33(23,28)29/h3-12H,2,13H2,1H3,(H,24,25)(H2,23,28,29). The number of carbonyl (C=O) groups is 3. The summed E-state index contributed by atoms with van der Waals surface area (Å²) in [6.07, 6.45) is 0. The van der Waals surface area contributed by atoms with Gasteiger partial charge in [-0.15, -0.1) is 11.3 Å². The third-order valence-corrected chi connectivity index (χ3v) is 6.37. The molecule has 0 saturated carbocycles. The minimum atomic E-state index is -3.89. The van der Waals surface area contributed by atoms with Gasteiger partial charge in [0, 0.05) is 4.88 Å². The number of benzene rings is 2. The Bertz CT molecular complexity index is 1270. The highest BCUT2D eigenvalue weighted by Crippen LogP contribution is 2.35. The van der Waals surface area contributed by atoms with Crippen LogP contribution in [0.1, 0.15) is 27.0 Å². The van der Waals surface area contributed by atoms with Crippen molar-refractivity contribution >= 4 is 44.9 Å². The van der Waals surface area contributed by atoms with Crippen molar-refractivity contribution in [1.82, 2.24) is 0 Å². The van der Waals surface area contributed by atoms with Crippen molar-refractivity contribution in [2.75, 3.05) is 18.5 Å². The molecule has 2 aromatic carbocycles. The van der Waals surface area contributed by atoms with Crippen LogP contribution < -0.4 is 10.5 Å². The first-order chi connectivity index (χ1) is 15.7. The lowest BCUT2D eigenvalue weighted by molar-refractivity contribution is -0.119. The van der Waals surface area contributed by atoms with Gasteiger partial charge in [-0.1, -0.05) is 30.3 Å². The third kappa shape index (κ3) is 6.25. The summed E-state index contributed by atoms with van der Waals surface area (Å²) in [5.74, 6) is -2.06. The van der Waals surface area contributed by atoms with E-state index in [0.29, 0.717) is 0 Å². The zero-order chi connectivity index (χ0) is 24.0. The van der Waals surface area contributed by atoms with Gasteiger partial charge < -0.3 is 14.8 Å². The number of rotatable bonds is 8. The Morgan fingerprint density at radius 1 is 0.970 bits per heavy atom. The largest absolute Gasteiger partial charge is 0.462 e. The van der Waals surface area contributed by atoms with E-state index < -0.39 is 34.5 Å². The molecule has 0 aliphatic heterocycles. The number of sulfonamides is 1. The molecule has 0 aliphatic carbocycles. The number of primary sulfonamides is 1. The van der Waals surface area contributed by atoms with Gasteiger partial charge in [-0.05, 0) is 42.8 Å². The van der Waals surface area contributed by atoms with Crippen molar-refractivity contribution in [2.24, 2.45) is 5.14 Å². The normalized spacial score (nSPS) is 11.0. The van der Waals surface area contributed by atoms with E-state index >= 15 is 0 Å². The van der Waals surface area contributed by atoms with Crippen molar-refractivity contribution < 1.29 is 32.3 Å². The van der Waals surface area contributed by atoms with E-state index in [9.17, 15) is 22.8 Å². The molecule has 1 heterocycles. The molecule has 9 nitrogen and oxygen atoms in total. The van der Waals surface area contributed by atoms with E-state index in [4.69, 9.17) is 14.6 Å². The minimum absolute atomic E-state index is 0.0457. The second-order valence-corrected chi connectivity index (χ2v) is 9.25. The minimum Gasteiger partial charge on any atom is -0.462 e. The van der Waals surface area contributed by atoms with E-state index in [2.05, 4.69) is 5.32 Å². The van der Waals surface area contributed by atoms with E-state index in [1.165, 1.54) is 23.5 Å². The molecule has 3 rings (SSSR count). The van der Waals surface area contributed by atoms with Crippen molar-refractivity contribution in [3.05, 3.63) is 71.1 Å². The number of nitrogens with two attached hydrogens (primary N) is 1. The lowest BCUT2D eigenvalue weighted by Crippen LogP contribution is -2.22. The van der Waals surface area contributed by atoms with Gasteiger partial charge in [0.2, 0.25) is 10.0 Å². The first-order valence-electron chi connectivity index (χ1n) is 9.65. The second-order valence-electron chi connectivity index (χ2n) is 6.63. The van der Waals surface area contributed by atoms with Crippen LogP contribution in [0.15, 0.2) is 65.6 Å². The van der Waals surface area contributed by atoms with Crippen LogP contribution in [0.3, 0.4) is 0 Å². The number of hydrogen-bond donors (Lipinski definition) is 2. The van der Waals surface area contributed by atoms with E-state index in [1.54, 1.807) is 13.0 Å². The third-order valence-electron chi connectivity index (χ3n) is 4.28. The zero-order valence-corrected chi connectivity index (χ0v) is 19.1. The molecule has 0 unspecified atom stereocenters. The fraction of sp³-hybridized carbons (Fsp3) is 0.136. The van der Waals surface area contributed by atoms with Gasteiger partial charge in [0.15, 0.2) is 6.61 Å². The molecule has 0 atom stereocenters. The maximum Gasteiger partial charge on any atom is 0.350 e. The molecular weight excluding hydrogens is 468 g/mol. The number of carbonyl (C=O) groups excluding carboxylic acids is 3. The number of ether oxygens (including phenoxy) is 2. The number of esters is 2. The molecule has 0 bridgehead atoms. The zero-order valence-electron chi connectivity index (χ0n) is 17.4. The Hall–Kier alpha value is -3.54. The van der Waals surface area contributed by atoms with Crippen LogP contribution in [-0.4, -0.2) is 39.5 Å². The molecule has 33 heavy (non-hydrogen) atoms. The van der Waals surface area contributed by atoms with E-state index in [0.717, 1.165) is 22.6 Å². The highest BCUT2D eigenvalue weighted by molar-refractivity contribution is 7.89. The SMILES string of the molecule is CCOC(=O)c1sc(-c2ccccc2)cc1NC(=O)COC(=O)c1ccc(S(N)(=O)=O)cc1. The number of anilines is 1. The van der Waals surface area contributed by atoms with Crippen LogP contribution in [0.5, 0.6) is 0 Å². The summed E-state index contributed by atoms with van der Waals surface area (Å²) in [7, 11) is -3.89. The molecule has 0 spiro atoms. The van der Waals surface area contributed by atoms with Crippen molar-refractivity contribution in [2.45, 2.75) is 11.8 Å². The Balaban J connectivity index is 1.69. The lowest BCUT2D eigenvalue weighted by Gasteiger charge is -2.07. The van der Waals surface area contributed by atoms with Gasteiger partial charge in [-0.2, -0.15) is 0 Å². The number of amides is 1. The molecule has 0 fully saturated rings. The fourth-order valence-corrected chi connectivity index (χ4v) is 4.29. The monoisotopic (exact) mass is 488 g/mol. The van der Waals surface area contributed by atoms with Gasteiger partial charge in [-0.25, -0.2) is 23.1 Å². The first-order valence-corrected chi connectivity index (χ1v) is 12.0. The Morgan fingerprint density at radius 3 is 2.24 bits per heavy atom. The molecule has 3 aromatic rings. The quantitative estimate of drug-likeness (QED) is 0.464. The van der Waals surface area contributed by atoms with Gasteiger partial charge >= 0.3 is 11.9 Å². The molecule has 0 saturated heterocycles.